The summed E-state index contributed by atoms with van der Waals surface area (Å²) in [7, 11) is 0. The van der Waals surface area contributed by atoms with Crippen molar-refractivity contribution in [1.82, 2.24) is 0 Å². The molecule has 0 radical (unpaired) electrons. The molecule has 3 atom stereocenters. The van der Waals surface area contributed by atoms with Crippen molar-refractivity contribution >= 4 is 0 Å². The fourth-order valence-electron chi connectivity index (χ4n) is 3.31. The van der Waals surface area contributed by atoms with Crippen molar-refractivity contribution in [1.29, 1.82) is 0 Å². The first-order valence-electron chi connectivity index (χ1n) is 7.41. The van der Waals surface area contributed by atoms with Crippen LogP contribution in [0.4, 0.5) is 0 Å². The Morgan fingerprint density at radius 3 is 2.06 bits per heavy atom. The maximum atomic E-state index is 2.52. The van der Waals surface area contributed by atoms with Crippen LogP contribution in [0.25, 0.3) is 0 Å². The van der Waals surface area contributed by atoms with Crippen LogP contribution < -0.4 is 0 Å². The summed E-state index contributed by atoms with van der Waals surface area (Å²) in [6.45, 7) is 14.7. The third kappa shape index (κ3) is 3.25. The molecule has 0 aromatic rings. The van der Waals surface area contributed by atoms with E-state index >= 15 is 0 Å². The van der Waals surface area contributed by atoms with Gasteiger partial charge >= 0.3 is 0 Å². The van der Waals surface area contributed by atoms with Crippen molar-refractivity contribution in [3.63, 3.8) is 0 Å². The zero-order valence-corrected chi connectivity index (χ0v) is 12.3. The van der Waals surface area contributed by atoms with Gasteiger partial charge in [-0.05, 0) is 41.9 Å². The zero-order valence-electron chi connectivity index (χ0n) is 12.3. The number of rotatable bonds is 7. The molecule has 16 heavy (non-hydrogen) atoms. The highest BCUT2D eigenvalue weighted by Crippen LogP contribution is 2.47. The van der Waals surface area contributed by atoms with Gasteiger partial charge < -0.3 is 0 Å². The van der Waals surface area contributed by atoms with Gasteiger partial charge in [0.2, 0.25) is 0 Å². The highest BCUT2D eigenvalue weighted by atomic mass is 14.4. The van der Waals surface area contributed by atoms with Crippen LogP contribution in [0.1, 0.15) is 73.6 Å². The van der Waals surface area contributed by atoms with Crippen LogP contribution in [-0.4, -0.2) is 0 Å². The smallest absolute Gasteiger partial charge is 0.0275 e. The van der Waals surface area contributed by atoms with E-state index in [0.29, 0.717) is 5.41 Å². The van der Waals surface area contributed by atoms with Crippen molar-refractivity contribution in [3.8, 4) is 0 Å². The van der Waals surface area contributed by atoms with Gasteiger partial charge in [-0.15, -0.1) is 0 Å². The first-order valence-corrected chi connectivity index (χ1v) is 7.41. The molecule has 1 saturated carbocycles. The van der Waals surface area contributed by atoms with Crippen LogP contribution in [0, 0.1) is 29.1 Å². The Morgan fingerprint density at radius 1 is 1.12 bits per heavy atom. The summed E-state index contributed by atoms with van der Waals surface area (Å²) >= 11 is 0. The molecule has 3 unspecified atom stereocenters. The summed E-state index contributed by atoms with van der Waals surface area (Å²) in [6, 6.07) is 0. The van der Waals surface area contributed by atoms with E-state index in [-0.39, 0.29) is 0 Å². The highest BCUT2D eigenvalue weighted by Gasteiger charge is 2.37. The predicted molar refractivity (Wildman–Crippen MR) is 73.5 cm³/mol. The SMILES string of the molecule is CCCC(C)(C(C)C)C(C)C(C)CC1CC1. The normalized spacial score (nSPS) is 24.2. The molecule has 0 saturated heterocycles. The molecule has 1 aliphatic rings. The van der Waals surface area contributed by atoms with Gasteiger partial charge in [-0.1, -0.05) is 60.8 Å². The molecule has 96 valence electrons. The van der Waals surface area contributed by atoms with E-state index in [1.807, 2.05) is 0 Å². The lowest BCUT2D eigenvalue weighted by atomic mass is 9.63. The minimum Gasteiger partial charge on any atom is -0.0654 e. The standard InChI is InChI=1S/C16H32/c1-7-10-16(6,12(2)3)14(5)13(4)11-15-8-9-15/h12-15H,7-11H2,1-6H3. The maximum absolute atomic E-state index is 2.52. The molecule has 1 rings (SSSR count). The molecule has 1 aliphatic carbocycles. The van der Waals surface area contributed by atoms with Gasteiger partial charge in [0.1, 0.15) is 0 Å². The van der Waals surface area contributed by atoms with Crippen LogP contribution >= 0.6 is 0 Å². The van der Waals surface area contributed by atoms with Gasteiger partial charge in [0.25, 0.3) is 0 Å². The van der Waals surface area contributed by atoms with Crippen LogP contribution in [-0.2, 0) is 0 Å². The van der Waals surface area contributed by atoms with Gasteiger partial charge in [-0.3, -0.25) is 0 Å². The Balaban J connectivity index is 2.60. The molecule has 0 amide bonds. The van der Waals surface area contributed by atoms with E-state index in [0.717, 1.165) is 23.7 Å². The van der Waals surface area contributed by atoms with Gasteiger partial charge in [-0.25, -0.2) is 0 Å². The first-order chi connectivity index (χ1) is 7.41. The van der Waals surface area contributed by atoms with E-state index < -0.39 is 0 Å². The van der Waals surface area contributed by atoms with Crippen molar-refractivity contribution < 1.29 is 0 Å². The van der Waals surface area contributed by atoms with Crippen molar-refractivity contribution in [2.75, 3.05) is 0 Å². The fraction of sp³-hybridized carbons (Fsp3) is 1.00. The van der Waals surface area contributed by atoms with E-state index in [9.17, 15) is 0 Å². The van der Waals surface area contributed by atoms with Crippen molar-refractivity contribution in [2.45, 2.75) is 73.6 Å². The molecule has 0 N–H and O–H groups in total. The van der Waals surface area contributed by atoms with Gasteiger partial charge in [0.15, 0.2) is 0 Å². The molecular formula is C16H32. The Morgan fingerprint density at radius 2 is 1.69 bits per heavy atom. The second-order valence-corrected chi connectivity index (χ2v) is 6.86. The summed E-state index contributed by atoms with van der Waals surface area (Å²) in [4.78, 5) is 0. The fourth-order valence-corrected chi connectivity index (χ4v) is 3.31. The molecule has 0 nitrogen and oxygen atoms in total. The monoisotopic (exact) mass is 224 g/mol. The lowest BCUT2D eigenvalue weighted by molar-refractivity contribution is 0.0669. The Bertz CT molecular complexity index is 202. The lowest BCUT2D eigenvalue weighted by Crippen LogP contribution is -2.35. The van der Waals surface area contributed by atoms with E-state index in [1.54, 1.807) is 0 Å². The highest BCUT2D eigenvalue weighted by molar-refractivity contribution is 4.87. The van der Waals surface area contributed by atoms with Crippen molar-refractivity contribution in [3.05, 3.63) is 0 Å². The number of hydrogen-bond donors (Lipinski definition) is 0. The average Bonchev–Trinajstić information content (AvgIpc) is 3.00. The van der Waals surface area contributed by atoms with Crippen LogP contribution in [0.5, 0.6) is 0 Å². The quantitative estimate of drug-likeness (QED) is 0.534. The summed E-state index contributed by atoms with van der Waals surface area (Å²) in [5, 5.41) is 0. The van der Waals surface area contributed by atoms with Gasteiger partial charge in [0.05, 0.1) is 0 Å². The van der Waals surface area contributed by atoms with Crippen LogP contribution in [0.15, 0.2) is 0 Å². The van der Waals surface area contributed by atoms with Gasteiger partial charge in [-0.2, -0.15) is 0 Å². The summed E-state index contributed by atoms with van der Waals surface area (Å²) in [5.74, 6) is 3.67. The lowest BCUT2D eigenvalue weighted by Gasteiger charge is -2.43. The second kappa shape index (κ2) is 5.56. The van der Waals surface area contributed by atoms with Crippen LogP contribution in [0.3, 0.4) is 0 Å². The number of hydrogen-bond acceptors (Lipinski definition) is 0. The van der Waals surface area contributed by atoms with E-state index in [1.165, 1.54) is 32.1 Å². The first kappa shape index (κ1) is 14.1. The zero-order chi connectivity index (χ0) is 12.3. The molecule has 1 fully saturated rings. The van der Waals surface area contributed by atoms with Crippen molar-refractivity contribution in [2.24, 2.45) is 29.1 Å². The molecule has 0 aromatic heterocycles. The third-order valence-electron chi connectivity index (χ3n) is 5.40. The Hall–Kier alpha value is 0. The molecule has 0 aromatic carbocycles. The van der Waals surface area contributed by atoms with E-state index in [4.69, 9.17) is 0 Å². The minimum absolute atomic E-state index is 0.545. The maximum Gasteiger partial charge on any atom is -0.0275 e. The van der Waals surface area contributed by atoms with Crippen LogP contribution in [0.2, 0.25) is 0 Å². The topological polar surface area (TPSA) is 0 Å². The Kier molecular flexibility index (Phi) is 4.88. The molecule has 0 heteroatoms. The third-order valence-corrected chi connectivity index (χ3v) is 5.40. The summed E-state index contributed by atoms with van der Waals surface area (Å²) in [5.41, 5.74) is 0.545. The molecule has 0 aliphatic heterocycles. The molecule has 0 bridgehead atoms. The summed E-state index contributed by atoms with van der Waals surface area (Å²) < 4.78 is 0. The van der Waals surface area contributed by atoms with Gasteiger partial charge in [0, 0.05) is 0 Å². The molecule has 0 heterocycles. The Labute approximate surface area is 103 Å². The second-order valence-electron chi connectivity index (χ2n) is 6.86. The summed E-state index contributed by atoms with van der Waals surface area (Å²) in [6.07, 6.45) is 7.20. The molecule has 0 spiro atoms. The minimum atomic E-state index is 0.545. The van der Waals surface area contributed by atoms with E-state index in [2.05, 4.69) is 41.5 Å². The predicted octanol–water partition coefficient (Wildman–Crippen LogP) is 5.52. The average molecular weight is 224 g/mol. The molecular weight excluding hydrogens is 192 g/mol. The largest absolute Gasteiger partial charge is 0.0654 e.